The van der Waals surface area contributed by atoms with E-state index in [-0.39, 0.29) is 11.6 Å². The average Bonchev–Trinajstić information content (AvgIpc) is 2.18. The second-order valence-electron chi connectivity index (χ2n) is 3.59. The van der Waals surface area contributed by atoms with Crippen LogP contribution in [0.15, 0.2) is 24.3 Å². The smallest absolute Gasteiger partial charge is 0.137 e. The van der Waals surface area contributed by atoms with Gasteiger partial charge in [-0.2, -0.15) is 0 Å². The van der Waals surface area contributed by atoms with Gasteiger partial charge in [0.25, 0.3) is 0 Å². The molecule has 3 heteroatoms. The SMILES string of the molecule is NCCCCC(=O)Cc1cccc(F)c1. The number of carbonyl (C=O) groups excluding carboxylic acids is 1. The fourth-order valence-corrected chi connectivity index (χ4v) is 1.43. The van der Waals surface area contributed by atoms with E-state index in [4.69, 9.17) is 5.73 Å². The highest BCUT2D eigenvalue weighted by Crippen LogP contribution is 2.07. The maximum absolute atomic E-state index is 12.8. The normalized spacial score (nSPS) is 10.3. The Labute approximate surface area is 89.3 Å². The average molecular weight is 209 g/mol. The minimum atomic E-state index is -0.290. The van der Waals surface area contributed by atoms with Gasteiger partial charge in [-0.1, -0.05) is 12.1 Å². The maximum atomic E-state index is 12.8. The summed E-state index contributed by atoms with van der Waals surface area (Å²) in [6.45, 7) is 0.618. The number of ketones is 1. The van der Waals surface area contributed by atoms with Crippen molar-refractivity contribution in [2.24, 2.45) is 5.73 Å². The molecule has 0 unspecified atom stereocenters. The van der Waals surface area contributed by atoms with Crippen molar-refractivity contribution in [3.63, 3.8) is 0 Å². The monoisotopic (exact) mass is 209 g/mol. The molecule has 2 N–H and O–H groups in total. The van der Waals surface area contributed by atoms with Crippen molar-refractivity contribution in [1.82, 2.24) is 0 Å². The van der Waals surface area contributed by atoms with Crippen molar-refractivity contribution in [3.8, 4) is 0 Å². The first-order valence-corrected chi connectivity index (χ1v) is 5.18. The first-order chi connectivity index (χ1) is 7.22. The summed E-state index contributed by atoms with van der Waals surface area (Å²) in [5.41, 5.74) is 6.07. The van der Waals surface area contributed by atoms with Crippen LogP contribution in [0, 0.1) is 5.82 Å². The zero-order valence-electron chi connectivity index (χ0n) is 8.71. The van der Waals surface area contributed by atoms with E-state index in [2.05, 4.69) is 0 Å². The van der Waals surface area contributed by atoms with Crippen LogP contribution >= 0.6 is 0 Å². The molecule has 0 amide bonds. The van der Waals surface area contributed by atoms with Crippen molar-refractivity contribution in [3.05, 3.63) is 35.6 Å². The Bertz CT molecular complexity index is 325. The van der Waals surface area contributed by atoms with Gasteiger partial charge in [0, 0.05) is 12.8 Å². The van der Waals surface area contributed by atoms with E-state index in [0.717, 1.165) is 18.4 Å². The van der Waals surface area contributed by atoms with Gasteiger partial charge in [-0.05, 0) is 37.1 Å². The number of halogens is 1. The Morgan fingerprint density at radius 2 is 2.13 bits per heavy atom. The fourth-order valence-electron chi connectivity index (χ4n) is 1.43. The van der Waals surface area contributed by atoms with E-state index < -0.39 is 0 Å². The Balaban J connectivity index is 2.37. The molecule has 0 aromatic heterocycles. The summed E-state index contributed by atoms with van der Waals surface area (Å²) in [6, 6.07) is 6.17. The van der Waals surface area contributed by atoms with Gasteiger partial charge in [-0.15, -0.1) is 0 Å². The number of hydrogen-bond donors (Lipinski definition) is 1. The highest BCUT2D eigenvalue weighted by atomic mass is 19.1. The van der Waals surface area contributed by atoms with Crippen LogP contribution in [0.2, 0.25) is 0 Å². The number of Topliss-reactive ketones (excluding diaryl/α,β-unsaturated/α-hetero) is 1. The highest BCUT2D eigenvalue weighted by Gasteiger charge is 2.03. The minimum Gasteiger partial charge on any atom is -0.330 e. The molecule has 0 aliphatic rings. The summed E-state index contributed by atoms with van der Waals surface area (Å²) < 4.78 is 12.8. The van der Waals surface area contributed by atoms with Gasteiger partial charge in [0.1, 0.15) is 11.6 Å². The van der Waals surface area contributed by atoms with Gasteiger partial charge in [0.15, 0.2) is 0 Å². The van der Waals surface area contributed by atoms with Crippen LogP contribution in [0.25, 0.3) is 0 Å². The molecule has 82 valence electrons. The lowest BCUT2D eigenvalue weighted by molar-refractivity contribution is -0.118. The predicted molar refractivity (Wildman–Crippen MR) is 58.0 cm³/mol. The molecule has 0 heterocycles. The summed E-state index contributed by atoms with van der Waals surface area (Å²) in [5, 5.41) is 0. The molecular formula is C12H16FNO. The van der Waals surface area contributed by atoms with Crippen LogP contribution in [0.1, 0.15) is 24.8 Å². The second-order valence-corrected chi connectivity index (χ2v) is 3.59. The van der Waals surface area contributed by atoms with Crippen LogP contribution in [0.5, 0.6) is 0 Å². The van der Waals surface area contributed by atoms with Crippen LogP contribution < -0.4 is 5.73 Å². The van der Waals surface area contributed by atoms with Crippen LogP contribution in [-0.4, -0.2) is 12.3 Å². The Kier molecular flexibility index (Phi) is 4.98. The highest BCUT2D eigenvalue weighted by molar-refractivity contribution is 5.80. The molecule has 0 fully saturated rings. The molecule has 0 aliphatic heterocycles. The molecule has 1 aromatic carbocycles. The second kappa shape index (κ2) is 6.30. The first-order valence-electron chi connectivity index (χ1n) is 5.18. The van der Waals surface area contributed by atoms with E-state index >= 15 is 0 Å². The molecular weight excluding hydrogens is 193 g/mol. The van der Waals surface area contributed by atoms with Crippen molar-refractivity contribution >= 4 is 5.78 Å². The zero-order chi connectivity index (χ0) is 11.1. The van der Waals surface area contributed by atoms with Gasteiger partial charge in [0.2, 0.25) is 0 Å². The Morgan fingerprint density at radius 3 is 2.80 bits per heavy atom. The van der Waals surface area contributed by atoms with E-state index in [0.29, 0.717) is 19.4 Å². The standard InChI is InChI=1S/C12H16FNO/c13-11-5-3-4-10(8-11)9-12(15)6-1-2-7-14/h3-5,8H,1-2,6-7,9,14H2. The van der Waals surface area contributed by atoms with Crippen LogP contribution in [0.3, 0.4) is 0 Å². The molecule has 2 nitrogen and oxygen atoms in total. The first kappa shape index (κ1) is 11.9. The van der Waals surface area contributed by atoms with Crippen molar-refractivity contribution in [1.29, 1.82) is 0 Å². The molecule has 0 saturated heterocycles. The summed E-state index contributed by atoms with van der Waals surface area (Å²) in [5.74, 6) is -0.142. The summed E-state index contributed by atoms with van der Waals surface area (Å²) in [6.07, 6.45) is 2.55. The lowest BCUT2D eigenvalue weighted by Crippen LogP contribution is -2.05. The van der Waals surface area contributed by atoms with Gasteiger partial charge in [-0.25, -0.2) is 4.39 Å². The fraction of sp³-hybridized carbons (Fsp3) is 0.417. The van der Waals surface area contributed by atoms with E-state index in [1.54, 1.807) is 12.1 Å². The number of rotatable bonds is 6. The molecule has 15 heavy (non-hydrogen) atoms. The Hall–Kier alpha value is -1.22. The van der Waals surface area contributed by atoms with E-state index in [1.807, 2.05) is 0 Å². The number of benzene rings is 1. The van der Waals surface area contributed by atoms with Crippen LogP contribution in [-0.2, 0) is 11.2 Å². The predicted octanol–water partition coefficient (Wildman–Crippen LogP) is 2.07. The molecule has 1 aromatic rings. The maximum Gasteiger partial charge on any atom is 0.137 e. The summed E-state index contributed by atoms with van der Waals surface area (Å²) >= 11 is 0. The quantitative estimate of drug-likeness (QED) is 0.729. The third-order valence-corrected chi connectivity index (χ3v) is 2.20. The van der Waals surface area contributed by atoms with Crippen molar-refractivity contribution < 1.29 is 9.18 Å². The lowest BCUT2D eigenvalue weighted by Gasteiger charge is -2.01. The number of hydrogen-bond acceptors (Lipinski definition) is 2. The third-order valence-electron chi connectivity index (χ3n) is 2.20. The summed E-state index contributed by atoms with van der Waals surface area (Å²) in [7, 11) is 0. The molecule has 0 bridgehead atoms. The molecule has 0 spiro atoms. The third kappa shape index (κ3) is 4.70. The van der Waals surface area contributed by atoms with E-state index in [9.17, 15) is 9.18 Å². The number of carbonyl (C=O) groups is 1. The Morgan fingerprint density at radius 1 is 1.33 bits per heavy atom. The van der Waals surface area contributed by atoms with Crippen molar-refractivity contribution in [2.75, 3.05) is 6.54 Å². The van der Waals surface area contributed by atoms with Crippen LogP contribution in [0.4, 0.5) is 4.39 Å². The summed E-state index contributed by atoms with van der Waals surface area (Å²) in [4.78, 5) is 11.4. The largest absolute Gasteiger partial charge is 0.330 e. The number of unbranched alkanes of at least 4 members (excludes halogenated alkanes) is 1. The minimum absolute atomic E-state index is 0.147. The van der Waals surface area contributed by atoms with Gasteiger partial charge in [-0.3, -0.25) is 4.79 Å². The number of nitrogens with two attached hydrogens (primary N) is 1. The topological polar surface area (TPSA) is 43.1 Å². The molecule has 0 radical (unpaired) electrons. The lowest BCUT2D eigenvalue weighted by atomic mass is 10.0. The van der Waals surface area contributed by atoms with E-state index in [1.165, 1.54) is 12.1 Å². The molecule has 0 saturated carbocycles. The van der Waals surface area contributed by atoms with Gasteiger partial charge >= 0.3 is 0 Å². The molecule has 0 atom stereocenters. The van der Waals surface area contributed by atoms with Crippen molar-refractivity contribution in [2.45, 2.75) is 25.7 Å². The van der Waals surface area contributed by atoms with Gasteiger partial charge < -0.3 is 5.73 Å². The van der Waals surface area contributed by atoms with Gasteiger partial charge in [0.05, 0.1) is 0 Å². The molecule has 1 rings (SSSR count). The zero-order valence-corrected chi connectivity index (χ0v) is 8.71. The molecule has 0 aliphatic carbocycles.